The van der Waals surface area contributed by atoms with E-state index in [0.717, 1.165) is 31.5 Å². The lowest BCUT2D eigenvalue weighted by Gasteiger charge is -2.32. The molecule has 1 aliphatic rings. The van der Waals surface area contributed by atoms with E-state index in [9.17, 15) is 4.79 Å². The molecule has 7 nitrogen and oxygen atoms in total. The number of aromatic nitrogens is 4. The molecule has 1 aromatic carbocycles. The normalized spacial score (nSPS) is 16.9. The highest BCUT2D eigenvalue weighted by atomic mass is 16.5. The number of benzene rings is 1. The van der Waals surface area contributed by atoms with E-state index in [-0.39, 0.29) is 12.0 Å². The standard InChI is InChI=1S/C20H21N5O2/c26-20(17-5-3-16(4-6-17)13-24-11-9-22-15-24)25-10-1-2-18(14-25)27-19-12-21-7-8-23-19/h3-9,11-12,15,18H,1-2,10,13-14H2. The predicted octanol–water partition coefficient (Wildman–Crippen LogP) is 2.41. The molecule has 0 N–H and O–H groups in total. The van der Waals surface area contributed by atoms with Crippen molar-refractivity contribution in [3.63, 3.8) is 0 Å². The van der Waals surface area contributed by atoms with Gasteiger partial charge in [0.05, 0.1) is 19.1 Å². The summed E-state index contributed by atoms with van der Waals surface area (Å²) < 4.78 is 7.87. The van der Waals surface area contributed by atoms with Crippen LogP contribution >= 0.6 is 0 Å². The second kappa shape index (κ2) is 7.99. The molecule has 1 fully saturated rings. The van der Waals surface area contributed by atoms with Gasteiger partial charge < -0.3 is 14.2 Å². The highest BCUT2D eigenvalue weighted by Gasteiger charge is 2.26. The molecule has 4 rings (SSSR count). The smallest absolute Gasteiger partial charge is 0.253 e. The molecule has 1 aliphatic heterocycles. The average Bonchev–Trinajstić information content (AvgIpc) is 3.22. The summed E-state index contributed by atoms with van der Waals surface area (Å²) in [5.74, 6) is 0.539. The van der Waals surface area contributed by atoms with E-state index < -0.39 is 0 Å². The van der Waals surface area contributed by atoms with Crippen molar-refractivity contribution in [2.45, 2.75) is 25.5 Å². The second-order valence-electron chi connectivity index (χ2n) is 6.61. The van der Waals surface area contributed by atoms with Crippen molar-refractivity contribution >= 4 is 5.91 Å². The fourth-order valence-electron chi connectivity index (χ4n) is 3.26. The maximum absolute atomic E-state index is 12.9. The lowest BCUT2D eigenvalue weighted by atomic mass is 10.1. The van der Waals surface area contributed by atoms with Crippen molar-refractivity contribution in [3.8, 4) is 5.88 Å². The van der Waals surface area contributed by atoms with Crippen LogP contribution in [-0.2, 0) is 6.54 Å². The summed E-state index contributed by atoms with van der Waals surface area (Å²) in [5.41, 5.74) is 1.83. The minimum absolute atomic E-state index is 0.0385. The SMILES string of the molecule is O=C(c1ccc(Cn2ccnc2)cc1)N1CCCC(Oc2cnccn2)C1. The Morgan fingerprint density at radius 2 is 2.04 bits per heavy atom. The Morgan fingerprint density at radius 1 is 1.15 bits per heavy atom. The average molecular weight is 363 g/mol. The zero-order valence-corrected chi connectivity index (χ0v) is 14.9. The van der Waals surface area contributed by atoms with Crippen LogP contribution in [0.2, 0.25) is 0 Å². The van der Waals surface area contributed by atoms with Gasteiger partial charge in [0.25, 0.3) is 5.91 Å². The molecule has 27 heavy (non-hydrogen) atoms. The van der Waals surface area contributed by atoms with E-state index in [4.69, 9.17) is 4.74 Å². The third-order valence-corrected chi connectivity index (χ3v) is 4.62. The Kier molecular flexibility index (Phi) is 5.09. The van der Waals surface area contributed by atoms with Crippen LogP contribution in [0.5, 0.6) is 5.88 Å². The van der Waals surface area contributed by atoms with Gasteiger partial charge in [-0.25, -0.2) is 9.97 Å². The number of nitrogens with zero attached hydrogens (tertiary/aromatic N) is 5. The summed E-state index contributed by atoms with van der Waals surface area (Å²) in [4.78, 5) is 26.9. The van der Waals surface area contributed by atoms with Crippen molar-refractivity contribution in [1.82, 2.24) is 24.4 Å². The van der Waals surface area contributed by atoms with E-state index in [1.807, 2.05) is 39.9 Å². The molecule has 0 bridgehead atoms. The molecule has 2 aromatic heterocycles. The molecular weight excluding hydrogens is 342 g/mol. The monoisotopic (exact) mass is 363 g/mol. The Morgan fingerprint density at radius 3 is 2.78 bits per heavy atom. The van der Waals surface area contributed by atoms with Gasteiger partial charge in [-0.15, -0.1) is 0 Å². The minimum atomic E-state index is -0.0556. The molecule has 1 amide bonds. The molecule has 1 saturated heterocycles. The summed E-state index contributed by atoms with van der Waals surface area (Å²) in [6, 6.07) is 7.76. The van der Waals surface area contributed by atoms with Crippen molar-refractivity contribution in [2.24, 2.45) is 0 Å². The highest BCUT2D eigenvalue weighted by Crippen LogP contribution is 2.18. The van der Waals surface area contributed by atoms with Crippen molar-refractivity contribution in [3.05, 3.63) is 72.7 Å². The molecule has 0 radical (unpaired) electrons. The summed E-state index contributed by atoms with van der Waals surface area (Å²) >= 11 is 0. The molecule has 1 atom stereocenters. The third kappa shape index (κ3) is 4.31. The van der Waals surface area contributed by atoms with Crippen LogP contribution < -0.4 is 4.74 Å². The van der Waals surface area contributed by atoms with Gasteiger partial charge in [0.2, 0.25) is 5.88 Å². The second-order valence-corrected chi connectivity index (χ2v) is 6.61. The van der Waals surface area contributed by atoms with Gasteiger partial charge in [-0.3, -0.25) is 9.78 Å². The van der Waals surface area contributed by atoms with Gasteiger partial charge in [-0.05, 0) is 30.5 Å². The molecule has 3 heterocycles. The fraction of sp³-hybridized carbons (Fsp3) is 0.300. The Hall–Kier alpha value is -3.22. The van der Waals surface area contributed by atoms with Crippen LogP contribution in [0.15, 0.2) is 61.6 Å². The Labute approximate surface area is 157 Å². The summed E-state index contributed by atoms with van der Waals surface area (Å²) in [5, 5.41) is 0. The van der Waals surface area contributed by atoms with Gasteiger partial charge in [0.1, 0.15) is 6.10 Å². The van der Waals surface area contributed by atoms with E-state index in [1.54, 1.807) is 31.1 Å². The van der Waals surface area contributed by atoms with Crippen LogP contribution in [0.1, 0.15) is 28.8 Å². The summed E-state index contributed by atoms with van der Waals surface area (Å²) in [6.07, 6.45) is 12.0. The third-order valence-electron chi connectivity index (χ3n) is 4.62. The maximum atomic E-state index is 12.9. The Balaban J connectivity index is 1.38. The zero-order valence-electron chi connectivity index (χ0n) is 14.9. The number of ether oxygens (including phenoxy) is 1. The van der Waals surface area contributed by atoms with Gasteiger partial charge in [0.15, 0.2) is 0 Å². The fourth-order valence-corrected chi connectivity index (χ4v) is 3.26. The number of hydrogen-bond acceptors (Lipinski definition) is 5. The predicted molar refractivity (Wildman–Crippen MR) is 99.4 cm³/mol. The van der Waals surface area contributed by atoms with E-state index in [2.05, 4.69) is 15.0 Å². The van der Waals surface area contributed by atoms with Gasteiger partial charge >= 0.3 is 0 Å². The quantitative estimate of drug-likeness (QED) is 0.696. The van der Waals surface area contributed by atoms with Crippen LogP contribution in [0.3, 0.4) is 0 Å². The highest BCUT2D eigenvalue weighted by molar-refractivity contribution is 5.94. The first-order valence-corrected chi connectivity index (χ1v) is 9.04. The molecular formula is C20H21N5O2. The number of likely N-dealkylation sites (tertiary alicyclic amines) is 1. The molecule has 0 aliphatic carbocycles. The lowest BCUT2D eigenvalue weighted by Crippen LogP contribution is -2.44. The number of carbonyl (C=O) groups excluding carboxylic acids is 1. The number of rotatable bonds is 5. The first-order valence-electron chi connectivity index (χ1n) is 9.04. The van der Waals surface area contributed by atoms with Crippen LogP contribution in [-0.4, -0.2) is 49.5 Å². The van der Waals surface area contributed by atoms with E-state index >= 15 is 0 Å². The van der Waals surface area contributed by atoms with Gasteiger partial charge in [-0.1, -0.05) is 12.1 Å². The summed E-state index contributed by atoms with van der Waals surface area (Å²) in [6.45, 7) is 2.05. The molecule has 3 aromatic rings. The molecule has 0 spiro atoms. The number of amides is 1. The van der Waals surface area contributed by atoms with Crippen LogP contribution in [0.4, 0.5) is 0 Å². The first-order chi connectivity index (χ1) is 13.3. The van der Waals surface area contributed by atoms with Crippen molar-refractivity contribution in [1.29, 1.82) is 0 Å². The molecule has 7 heteroatoms. The van der Waals surface area contributed by atoms with E-state index in [1.165, 1.54) is 0 Å². The summed E-state index contributed by atoms with van der Waals surface area (Å²) in [7, 11) is 0. The number of hydrogen-bond donors (Lipinski definition) is 0. The van der Waals surface area contributed by atoms with Gasteiger partial charge in [-0.2, -0.15) is 0 Å². The largest absolute Gasteiger partial charge is 0.471 e. The van der Waals surface area contributed by atoms with Crippen molar-refractivity contribution < 1.29 is 9.53 Å². The van der Waals surface area contributed by atoms with Crippen LogP contribution in [0.25, 0.3) is 0 Å². The molecule has 1 unspecified atom stereocenters. The maximum Gasteiger partial charge on any atom is 0.253 e. The number of imidazole rings is 1. The number of piperidine rings is 1. The Bertz CT molecular complexity index is 865. The molecule has 138 valence electrons. The van der Waals surface area contributed by atoms with Gasteiger partial charge in [0, 0.05) is 43.4 Å². The first kappa shape index (κ1) is 17.2. The lowest BCUT2D eigenvalue weighted by molar-refractivity contribution is 0.0527. The van der Waals surface area contributed by atoms with Crippen molar-refractivity contribution in [2.75, 3.05) is 13.1 Å². The van der Waals surface area contributed by atoms with E-state index in [0.29, 0.717) is 18.0 Å². The van der Waals surface area contributed by atoms with Crippen LogP contribution in [0, 0.1) is 0 Å². The molecule has 0 saturated carbocycles. The number of carbonyl (C=O) groups is 1. The zero-order chi connectivity index (χ0) is 18.5. The minimum Gasteiger partial charge on any atom is -0.471 e. The topological polar surface area (TPSA) is 73.1 Å².